The number of nitrogens with two attached hydrogens (primary N) is 1. The van der Waals surface area contributed by atoms with Crippen molar-refractivity contribution in [3.05, 3.63) is 46.8 Å². The maximum atomic E-state index is 6.01. The summed E-state index contributed by atoms with van der Waals surface area (Å²) in [7, 11) is 0. The number of aromatic nitrogens is 2. The molecule has 0 aliphatic heterocycles. The van der Waals surface area contributed by atoms with E-state index < -0.39 is 0 Å². The highest BCUT2D eigenvalue weighted by Gasteiger charge is 2.16. The van der Waals surface area contributed by atoms with Gasteiger partial charge in [0.25, 0.3) is 0 Å². The molecule has 1 aromatic heterocycles. The molecule has 2 N–H and O–H groups in total. The normalized spacial score (nSPS) is 10.7. The fourth-order valence-corrected chi connectivity index (χ4v) is 2.33. The predicted octanol–water partition coefficient (Wildman–Crippen LogP) is 3.24. The van der Waals surface area contributed by atoms with E-state index in [1.165, 1.54) is 0 Å². The first-order chi connectivity index (χ1) is 9.09. The maximum absolute atomic E-state index is 6.01. The Kier molecular flexibility index (Phi) is 4.37. The number of anilines is 2. The quantitative estimate of drug-likeness (QED) is 0.879. The van der Waals surface area contributed by atoms with Crippen LogP contribution in [0.15, 0.2) is 41.3 Å². The molecule has 0 unspecified atom stereocenters. The van der Waals surface area contributed by atoms with Gasteiger partial charge in [0.2, 0.25) is 0 Å². The molecule has 0 fully saturated rings. The lowest BCUT2D eigenvalue weighted by Gasteiger charge is -2.29. The van der Waals surface area contributed by atoms with Gasteiger partial charge in [-0.3, -0.25) is 0 Å². The van der Waals surface area contributed by atoms with Gasteiger partial charge in [-0.2, -0.15) is 0 Å². The van der Waals surface area contributed by atoms with Gasteiger partial charge in [-0.1, -0.05) is 18.2 Å². The summed E-state index contributed by atoms with van der Waals surface area (Å²) < 4.78 is 0.887. The van der Waals surface area contributed by atoms with Crippen molar-refractivity contribution in [1.29, 1.82) is 0 Å². The van der Waals surface area contributed by atoms with Crippen molar-refractivity contribution in [3.63, 3.8) is 0 Å². The van der Waals surface area contributed by atoms with E-state index >= 15 is 0 Å². The summed E-state index contributed by atoms with van der Waals surface area (Å²) >= 11 is 3.50. The van der Waals surface area contributed by atoms with E-state index in [9.17, 15) is 0 Å². The maximum Gasteiger partial charge on any atom is 0.146 e. The van der Waals surface area contributed by atoms with Crippen LogP contribution in [0.3, 0.4) is 0 Å². The third kappa shape index (κ3) is 3.23. The smallest absolute Gasteiger partial charge is 0.146 e. The molecule has 0 aliphatic rings. The van der Waals surface area contributed by atoms with E-state index in [1.807, 2.05) is 24.3 Å². The van der Waals surface area contributed by atoms with E-state index in [-0.39, 0.29) is 0 Å². The van der Waals surface area contributed by atoms with E-state index in [2.05, 4.69) is 44.6 Å². The SMILES string of the molecule is CC(C)N(Cc1ccccc1N)c1ncncc1Br. The molecule has 0 saturated carbocycles. The van der Waals surface area contributed by atoms with E-state index in [0.717, 1.165) is 28.1 Å². The van der Waals surface area contributed by atoms with Gasteiger partial charge in [-0.05, 0) is 41.4 Å². The molecule has 2 rings (SSSR count). The molecule has 5 heteroatoms. The molecule has 1 heterocycles. The van der Waals surface area contributed by atoms with Crippen LogP contribution >= 0.6 is 15.9 Å². The number of benzene rings is 1. The molecule has 1 aromatic carbocycles. The standard InChI is InChI=1S/C14H17BrN4/c1-10(2)19(14-12(15)7-17-9-18-14)8-11-5-3-4-6-13(11)16/h3-7,9-10H,8,16H2,1-2H3. The zero-order valence-corrected chi connectivity index (χ0v) is 12.6. The predicted molar refractivity (Wildman–Crippen MR) is 81.9 cm³/mol. The molecule has 0 aliphatic carbocycles. The van der Waals surface area contributed by atoms with Crippen LogP contribution in [0.2, 0.25) is 0 Å². The van der Waals surface area contributed by atoms with E-state index in [4.69, 9.17) is 5.73 Å². The second-order valence-corrected chi connectivity index (χ2v) is 5.47. The first kappa shape index (κ1) is 13.8. The Labute approximate surface area is 121 Å². The fraction of sp³-hybridized carbons (Fsp3) is 0.286. The lowest BCUT2D eigenvalue weighted by molar-refractivity contribution is 0.670. The third-order valence-corrected chi connectivity index (χ3v) is 3.50. The summed E-state index contributed by atoms with van der Waals surface area (Å²) in [6, 6.07) is 8.21. The Hall–Kier alpha value is -1.62. The van der Waals surface area contributed by atoms with Gasteiger partial charge in [0.05, 0.1) is 4.47 Å². The first-order valence-electron chi connectivity index (χ1n) is 6.15. The van der Waals surface area contributed by atoms with Crippen LogP contribution < -0.4 is 10.6 Å². The van der Waals surface area contributed by atoms with E-state index in [0.29, 0.717) is 6.04 Å². The number of halogens is 1. The van der Waals surface area contributed by atoms with Gasteiger partial charge < -0.3 is 10.6 Å². The van der Waals surface area contributed by atoms with Crippen molar-refractivity contribution >= 4 is 27.4 Å². The molecule has 0 bridgehead atoms. The summed E-state index contributed by atoms with van der Waals surface area (Å²) in [5.41, 5.74) is 7.92. The van der Waals surface area contributed by atoms with Gasteiger partial charge >= 0.3 is 0 Å². The molecule has 0 atom stereocenters. The van der Waals surface area contributed by atoms with Crippen LogP contribution in [0.4, 0.5) is 11.5 Å². The summed E-state index contributed by atoms with van der Waals surface area (Å²) in [5, 5.41) is 0. The summed E-state index contributed by atoms with van der Waals surface area (Å²) in [6.07, 6.45) is 3.32. The molecule has 100 valence electrons. The van der Waals surface area contributed by atoms with Gasteiger partial charge in [-0.15, -0.1) is 0 Å². The highest BCUT2D eigenvalue weighted by Crippen LogP contribution is 2.26. The molecule has 2 aromatic rings. The van der Waals surface area contributed by atoms with Crippen molar-refractivity contribution < 1.29 is 0 Å². The van der Waals surface area contributed by atoms with Gasteiger partial charge in [0, 0.05) is 24.5 Å². The second kappa shape index (κ2) is 6.02. The monoisotopic (exact) mass is 320 g/mol. The van der Waals surface area contributed by atoms with E-state index in [1.54, 1.807) is 12.5 Å². The van der Waals surface area contributed by atoms with Crippen LogP contribution in [-0.4, -0.2) is 16.0 Å². The average Bonchev–Trinajstić information content (AvgIpc) is 2.38. The Bertz CT molecular complexity index is 557. The van der Waals surface area contributed by atoms with Crippen LogP contribution in [-0.2, 0) is 6.54 Å². The van der Waals surface area contributed by atoms with Crippen molar-refractivity contribution in [2.45, 2.75) is 26.4 Å². The number of hydrogen-bond acceptors (Lipinski definition) is 4. The number of para-hydroxylation sites is 1. The number of rotatable bonds is 4. The van der Waals surface area contributed by atoms with Crippen LogP contribution in [0.5, 0.6) is 0 Å². The Morgan fingerprint density at radius 3 is 2.68 bits per heavy atom. The van der Waals surface area contributed by atoms with Gasteiger partial charge in [0.15, 0.2) is 0 Å². The number of nitrogen functional groups attached to an aromatic ring is 1. The highest BCUT2D eigenvalue weighted by molar-refractivity contribution is 9.10. The van der Waals surface area contributed by atoms with Gasteiger partial charge in [0.1, 0.15) is 12.1 Å². The summed E-state index contributed by atoms with van der Waals surface area (Å²) in [4.78, 5) is 10.5. The Morgan fingerprint density at radius 2 is 2.05 bits per heavy atom. The minimum absolute atomic E-state index is 0.311. The molecule has 0 radical (unpaired) electrons. The van der Waals surface area contributed by atoms with Crippen molar-refractivity contribution in [3.8, 4) is 0 Å². The largest absolute Gasteiger partial charge is 0.398 e. The zero-order chi connectivity index (χ0) is 13.8. The minimum atomic E-state index is 0.311. The molecule has 0 saturated heterocycles. The third-order valence-electron chi connectivity index (χ3n) is 2.94. The molecule has 0 amide bonds. The highest BCUT2D eigenvalue weighted by atomic mass is 79.9. The second-order valence-electron chi connectivity index (χ2n) is 4.61. The molecule has 19 heavy (non-hydrogen) atoms. The molecule has 0 spiro atoms. The summed E-state index contributed by atoms with van der Waals surface area (Å²) in [6.45, 7) is 4.99. The molecular weight excluding hydrogens is 304 g/mol. The van der Waals surface area contributed by atoms with Crippen molar-refractivity contribution in [2.75, 3.05) is 10.6 Å². The lowest BCUT2D eigenvalue weighted by atomic mass is 10.1. The van der Waals surface area contributed by atoms with Crippen LogP contribution in [0.1, 0.15) is 19.4 Å². The Balaban J connectivity index is 2.33. The number of hydrogen-bond donors (Lipinski definition) is 1. The van der Waals surface area contributed by atoms with Crippen LogP contribution in [0, 0.1) is 0 Å². The van der Waals surface area contributed by atoms with Crippen molar-refractivity contribution in [1.82, 2.24) is 9.97 Å². The lowest BCUT2D eigenvalue weighted by Crippen LogP contribution is -2.31. The summed E-state index contributed by atoms with van der Waals surface area (Å²) in [5.74, 6) is 0.883. The van der Waals surface area contributed by atoms with Crippen molar-refractivity contribution in [2.24, 2.45) is 0 Å². The first-order valence-corrected chi connectivity index (χ1v) is 6.94. The topological polar surface area (TPSA) is 55.0 Å². The zero-order valence-electron chi connectivity index (χ0n) is 11.0. The van der Waals surface area contributed by atoms with Crippen LogP contribution in [0.25, 0.3) is 0 Å². The minimum Gasteiger partial charge on any atom is -0.398 e. The molecule has 4 nitrogen and oxygen atoms in total. The Morgan fingerprint density at radius 1 is 1.32 bits per heavy atom. The number of nitrogens with zero attached hydrogens (tertiary/aromatic N) is 3. The van der Waals surface area contributed by atoms with Gasteiger partial charge in [-0.25, -0.2) is 9.97 Å². The fourth-order valence-electron chi connectivity index (χ4n) is 1.88. The molecular formula is C14H17BrN4. The average molecular weight is 321 g/mol.